The maximum Gasteiger partial charge on any atom is 0.255 e. The van der Waals surface area contributed by atoms with E-state index in [1.807, 2.05) is 31.2 Å². The summed E-state index contributed by atoms with van der Waals surface area (Å²) in [5.41, 5.74) is 0.749. The van der Waals surface area contributed by atoms with Crippen molar-refractivity contribution in [2.75, 3.05) is 7.05 Å². The van der Waals surface area contributed by atoms with Gasteiger partial charge in [0.1, 0.15) is 5.76 Å². The number of amides is 1. The second kappa shape index (κ2) is 5.52. The number of hydrogen-bond donors (Lipinski definition) is 1. The van der Waals surface area contributed by atoms with Crippen molar-refractivity contribution < 1.29 is 9.21 Å². The topological polar surface area (TPSA) is 66.3 Å². The first-order valence-corrected chi connectivity index (χ1v) is 7.00. The number of carbonyl (C=O) groups excluding carboxylic acids is 1. The van der Waals surface area contributed by atoms with Crippen LogP contribution in [-0.4, -0.2) is 22.8 Å². The van der Waals surface area contributed by atoms with Gasteiger partial charge < -0.3 is 14.3 Å². The largest absolute Gasteiger partial charge is 0.467 e. The average molecular weight is 296 g/mol. The van der Waals surface area contributed by atoms with Crippen LogP contribution in [0.25, 0.3) is 10.9 Å². The zero-order chi connectivity index (χ0) is 15.7. The third kappa shape index (κ3) is 2.41. The molecule has 0 bridgehead atoms. The Morgan fingerprint density at radius 2 is 2.00 bits per heavy atom. The smallest absolute Gasteiger partial charge is 0.255 e. The number of aromatic amines is 1. The fourth-order valence-electron chi connectivity index (χ4n) is 2.47. The quantitative estimate of drug-likeness (QED) is 0.808. The van der Waals surface area contributed by atoms with Crippen LogP contribution >= 0.6 is 0 Å². The van der Waals surface area contributed by atoms with Gasteiger partial charge in [-0.3, -0.25) is 9.59 Å². The predicted molar refractivity (Wildman–Crippen MR) is 83.8 cm³/mol. The Balaban J connectivity index is 2.03. The Kier molecular flexibility index (Phi) is 3.55. The summed E-state index contributed by atoms with van der Waals surface area (Å²) < 4.78 is 5.35. The van der Waals surface area contributed by atoms with E-state index < -0.39 is 0 Å². The van der Waals surface area contributed by atoms with Crippen LogP contribution < -0.4 is 5.56 Å². The van der Waals surface area contributed by atoms with Gasteiger partial charge >= 0.3 is 0 Å². The van der Waals surface area contributed by atoms with E-state index in [-0.39, 0.29) is 17.5 Å². The van der Waals surface area contributed by atoms with Crippen LogP contribution in [0.1, 0.15) is 29.1 Å². The van der Waals surface area contributed by atoms with Crippen LogP contribution in [0.15, 0.2) is 57.9 Å². The first kappa shape index (κ1) is 14.1. The summed E-state index contributed by atoms with van der Waals surface area (Å²) in [5.74, 6) is 0.483. The molecule has 0 aliphatic rings. The minimum atomic E-state index is -0.291. The normalized spacial score (nSPS) is 12.3. The molecule has 1 N–H and O–H groups in total. The molecule has 2 aromatic heterocycles. The number of fused-ring (bicyclic) bond motifs is 1. The van der Waals surface area contributed by atoms with Crippen LogP contribution in [0.3, 0.4) is 0 Å². The van der Waals surface area contributed by atoms with Crippen molar-refractivity contribution in [3.05, 3.63) is 70.4 Å². The maximum atomic E-state index is 12.8. The van der Waals surface area contributed by atoms with Crippen molar-refractivity contribution in [1.82, 2.24) is 9.88 Å². The molecule has 1 unspecified atom stereocenters. The highest BCUT2D eigenvalue weighted by Gasteiger charge is 2.22. The molecular weight excluding hydrogens is 280 g/mol. The van der Waals surface area contributed by atoms with Gasteiger partial charge in [0.25, 0.3) is 5.91 Å². The van der Waals surface area contributed by atoms with Crippen molar-refractivity contribution in [2.24, 2.45) is 0 Å². The van der Waals surface area contributed by atoms with Crippen molar-refractivity contribution in [3.63, 3.8) is 0 Å². The molecule has 22 heavy (non-hydrogen) atoms. The van der Waals surface area contributed by atoms with Crippen molar-refractivity contribution in [2.45, 2.75) is 13.0 Å². The molecule has 1 atom stereocenters. The van der Waals surface area contributed by atoms with E-state index in [9.17, 15) is 9.59 Å². The lowest BCUT2D eigenvalue weighted by molar-refractivity contribution is 0.0728. The monoisotopic (exact) mass is 296 g/mol. The zero-order valence-electron chi connectivity index (χ0n) is 12.4. The summed E-state index contributed by atoms with van der Waals surface area (Å²) in [6.07, 6.45) is 1.58. The Bertz CT molecular complexity index is 865. The van der Waals surface area contributed by atoms with Crippen LogP contribution in [0, 0.1) is 0 Å². The molecule has 0 aliphatic carbocycles. The van der Waals surface area contributed by atoms with Crippen molar-refractivity contribution in [3.8, 4) is 0 Å². The number of benzene rings is 1. The van der Waals surface area contributed by atoms with Crippen molar-refractivity contribution in [1.29, 1.82) is 0 Å². The summed E-state index contributed by atoms with van der Waals surface area (Å²) in [6, 6.07) is 12.0. The van der Waals surface area contributed by atoms with Gasteiger partial charge in [0, 0.05) is 24.0 Å². The van der Waals surface area contributed by atoms with E-state index in [1.54, 1.807) is 30.3 Å². The van der Waals surface area contributed by atoms with Gasteiger partial charge in [0.15, 0.2) is 0 Å². The van der Waals surface area contributed by atoms with Crippen LogP contribution in [0.2, 0.25) is 0 Å². The van der Waals surface area contributed by atoms with Crippen LogP contribution in [0.4, 0.5) is 0 Å². The average Bonchev–Trinajstić information content (AvgIpc) is 3.06. The molecule has 0 spiro atoms. The van der Waals surface area contributed by atoms with Gasteiger partial charge in [-0.25, -0.2) is 0 Å². The van der Waals surface area contributed by atoms with Gasteiger partial charge in [-0.1, -0.05) is 18.2 Å². The van der Waals surface area contributed by atoms with Gasteiger partial charge in [-0.05, 0) is 25.1 Å². The van der Waals surface area contributed by atoms with Crippen LogP contribution in [0.5, 0.6) is 0 Å². The van der Waals surface area contributed by atoms with E-state index >= 15 is 0 Å². The number of rotatable bonds is 3. The molecule has 0 saturated heterocycles. The lowest BCUT2D eigenvalue weighted by Gasteiger charge is -2.23. The summed E-state index contributed by atoms with van der Waals surface area (Å²) in [4.78, 5) is 28.9. The number of para-hydroxylation sites is 1. The molecule has 0 saturated carbocycles. The lowest BCUT2D eigenvalue weighted by atomic mass is 10.1. The SMILES string of the molecule is CC(c1ccco1)N(C)C(=O)c1cc(=O)[nH]c2ccccc12. The number of pyridine rings is 1. The number of nitrogens with one attached hydrogen (secondary N) is 1. The molecule has 1 amide bonds. The maximum absolute atomic E-state index is 12.8. The van der Waals surface area contributed by atoms with Gasteiger partial charge in [0.05, 0.1) is 17.9 Å². The molecule has 1 aromatic carbocycles. The fraction of sp³-hybridized carbons (Fsp3) is 0.176. The molecule has 0 radical (unpaired) electrons. The molecular formula is C17H16N2O3. The number of carbonyl (C=O) groups is 1. The fourth-order valence-corrected chi connectivity index (χ4v) is 2.47. The second-order valence-electron chi connectivity index (χ2n) is 5.20. The van der Waals surface area contributed by atoms with Crippen molar-refractivity contribution >= 4 is 16.8 Å². The molecule has 112 valence electrons. The molecule has 5 nitrogen and oxygen atoms in total. The number of hydrogen-bond acceptors (Lipinski definition) is 3. The highest BCUT2D eigenvalue weighted by Crippen LogP contribution is 2.23. The Morgan fingerprint density at radius 1 is 1.23 bits per heavy atom. The van der Waals surface area contributed by atoms with E-state index in [4.69, 9.17) is 4.42 Å². The number of nitrogens with zero attached hydrogens (tertiary/aromatic N) is 1. The van der Waals surface area contributed by atoms with E-state index in [0.717, 1.165) is 5.39 Å². The third-order valence-corrected chi connectivity index (χ3v) is 3.84. The van der Waals surface area contributed by atoms with Crippen LogP contribution in [-0.2, 0) is 0 Å². The predicted octanol–water partition coefficient (Wildman–Crippen LogP) is 2.95. The van der Waals surface area contributed by atoms with E-state index in [1.165, 1.54) is 6.07 Å². The Morgan fingerprint density at radius 3 is 2.73 bits per heavy atom. The van der Waals surface area contributed by atoms with E-state index in [0.29, 0.717) is 16.8 Å². The molecule has 2 heterocycles. The number of aromatic nitrogens is 1. The van der Waals surface area contributed by atoms with Gasteiger partial charge in [0.2, 0.25) is 5.56 Å². The molecule has 3 rings (SSSR count). The first-order valence-electron chi connectivity index (χ1n) is 7.00. The minimum absolute atomic E-state index is 0.216. The summed E-state index contributed by atoms with van der Waals surface area (Å²) in [7, 11) is 1.70. The molecule has 0 fully saturated rings. The molecule has 3 aromatic rings. The van der Waals surface area contributed by atoms with Gasteiger partial charge in [-0.15, -0.1) is 0 Å². The lowest BCUT2D eigenvalue weighted by Crippen LogP contribution is -2.30. The zero-order valence-corrected chi connectivity index (χ0v) is 12.4. The first-order chi connectivity index (χ1) is 10.6. The third-order valence-electron chi connectivity index (χ3n) is 3.84. The Hall–Kier alpha value is -2.82. The highest BCUT2D eigenvalue weighted by atomic mass is 16.3. The summed E-state index contributed by atoms with van der Waals surface area (Å²) in [5, 5.41) is 0.727. The second-order valence-corrected chi connectivity index (χ2v) is 5.20. The van der Waals surface area contributed by atoms with Gasteiger partial charge in [-0.2, -0.15) is 0 Å². The Labute approximate surface area is 127 Å². The molecule has 0 aliphatic heterocycles. The number of furan rings is 1. The summed E-state index contributed by atoms with van der Waals surface area (Å²) in [6.45, 7) is 1.88. The highest BCUT2D eigenvalue weighted by molar-refractivity contribution is 6.05. The molecule has 5 heteroatoms. The number of H-pyrrole nitrogens is 1. The van der Waals surface area contributed by atoms with E-state index in [2.05, 4.69) is 4.98 Å². The minimum Gasteiger partial charge on any atom is -0.467 e. The standard InChI is InChI=1S/C17H16N2O3/c1-11(15-8-5-9-22-15)19(2)17(21)13-10-16(20)18-14-7-4-3-6-12(13)14/h3-11H,1-2H3,(H,18,20). The summed E-state index contributed by atoms with van der Waals surface area (Å²) >= 11 is 0.